The van der Waals surface area contributed by atoms with E-state index in [-0.39, 0.29) is 18.9 Å². The average Bonchev–Trinajstić information content (AvgIpc) is 2.26. The predicted octanol–water partition coefficient (Wildman–Crippen LogP) is 3.25. The molecule has 0 bridgehead atoms. The second-order valence-electron chi connectivity index (χ2n) is 5.72. The van der Waals surface area contributed by atoms with Crippen LogP contribution >= 0.6 is 0 Å². The molecule has 1 unspecified atom stereocenters. The summed E-state index contributed by atoms with van der Waals surface area (Å²) in [5.74, 6) is -1.13. The summed E-state index contributed by atoms with van der Waals surface area (Å²) in [5, 5.41) is 13.2. The first-order chi connectivity index (χ1) is 8.24. The average molecular weight is 267 g/mol. The van der Waals surface area contributed by atoms with Gasteiger partial charge in [-0.3, -0.25) is 0 Å². The monoisotopic (exact) mass is 267 g/mol. The number of halogens is 3. The summed E-state index contributed by atoms with van der Waals surface area (Å²) in [6.45, 7) is 4.23. The SMILES string of the molecule is CCCC(C)(O)CNC1CCC(C(F)(F)F)CC1. The normalized spacial score (nSPS) is 29.0. The van der Waals surface area contributed by atoms with Gasteiger partial charge in [0.15, 0.2) is 0 Å². The van der Waals surface area contributed by atoms with Gasteiger partial charge in [0, 0.05) is 12.6 Å². The molecule has 2 N–H and O–H groups in total. The van der Waals surface area contributed by atoms with Crippen LogP contribution in [-0.2, 0) is 0 Å². The summed E-state index contributed by atoms with van der Waals surface area (Å²) in [6.07, 6.45) is -0.932. The van der Waals surface area contributed by atoms with Crippen molar-refractivity contribution in [3.63, 3.8) is 0 Å². The van der Waals surface area contributed by atoms with Crippen LogP contribution in [0, 0.1) is 5.92 Å². The molecule has 1 saturated carbocycles. The molecule has 5 heteroatoms. The van der Waals surface area contributed by atoms with E-state index in [0.717, 1.165) is 6.42 Å². The fraction of sp³-hybridized carbons (Fsp3) is 1.00. The molecular formula is C13H24F3NO. The molecule has 0 aromatic rings. The zero-order valence-corrected chi connectivity index (χ0v) is 11.2. The molecule has 108 valence electrons. The van der Waals surface area contributed by atoms with Crippen LogP contribution in [0.4, 0.5) is 13.2 Å². The minimum absolute atomic E-state index is 0.118. The molecule has 0 amide bonds. The van der Waals surface area contributed by atoms with Crippen molar-refractivity contribution in [1.82, 2.24) is 5.32 Å². The third-order valence-electron chi connectivity index (χ3n) is 3.75. The summed E-state index contributed by atoms with van der Waals surface area (Å²) in [5.41, 5.74) is -0.754. The molecule has 1 fully saturated rings. The van der Waals surface area contributed by atoms with Crippen molar-refractivity contribution in [2.24, 2.45) is 5.92 Å². The van der Waals surface area contributed by atoms with Crippen LogP contribution in [0.3, 0.4) is 0 Å². The maximum Gasteiger partial charge on any atom is 0.391 e. The highest BCUT2D eigenvalue weighted by Gasteiger charge is 2.41. The van der Waals surface area contributed by atoms with Crippen molar-refractivity contribution >= 4 is 0 Å². The molecule has 0 spiro atoms. The molecule has 1 atom stereocenters. The lowest BCUT2D eigenvalue weighted by Crippen LogP contribution is -2.44. The molecule has 1 aliphatic carbocycles. The lowest BCUT2D eigenvalue weighted by atomic mass is 9.85. The van der Waals surface area contributed by atoms with Crippen LogP contribution < -0.4 is 5.32 Å². The van der Waals surface area contributed by atoms with Gasteiger partial charge in [0.1, 0.15) is 0 Å². The van der Waals surface area contributed by atoms with Gasteiger partial charge in [-0.2, -0.15) is 13.2 Å². The van der Waals surface area contributed by atoms with Crippen LogP contribution in [0.25, 0.3) is 0 Å². The van der Waals surface area contributed by atoms with E-state index >= 15 is 0 Å². The first-order valence-corrected chi connectivity index (χ1v) is 6.77. The van der Waals surface area contributed by atoms with E-state index < -0.39 is 17.7 Å². The Kier molecular flexibility index (Phi) is 5.46. The maximum absolute atomic E-state index is 12.5. The summed E-state index contributed by atoms with van der Waals surface area (Å²) in [4.78, 5) is 0. The Hall–Kier alpha value is -0.290. The zero-order chi connectivity index (χ0) is 13.8. The summed E-state index contributed by atoms with van der Waals surface area (Å²) < 4.78 is 37.5. The summed E-state index contributed by atoms with van der Waals surface area (Å²) in [7, 11) is 0. The van der Waals surface area contributed by atoms with Crippen molar-refractivity contribution in [2.75, 3.05) is 6.54 Å². The van der Waals surface area contributed by atoms with E-state index in [1.807, 2.05) is 6.92 Å². The van der Waals surface area contributed by atoms with Gasteiger partial charge in [0.2, 0.25) is 0 Å². The van der Waals surface area contributed by atoms with Crippen LogP contribution in [0.1, 0.15) is 52.4 Å². The molecule has 0 aliphatic heterocycles. The second kappa shape index (κ2) is 6.24. The van der Waals surface area contributed by atoms with Crippen molar-refractivity contribution in [1.29, 1.82) is 0 Å². The van der Waals surface area contributed by atoms with Gasteiger partial charge in [-0.15, -0.1) is 0 Å². The molecule has 0 aromatic heterocycles. The molecular weight excluding hydrogens is 243 g/mol. The molecule has 18 heavy (non-hydrogen) atoms. The predicted molar refractivity (Wildman–Crippen MR) is 65.3 cm³/mol. The Morgan fingerprint density at radius 3 is 2.17 bits per heavy atom. The Bertz CT molecular complexity index is 245. The molecule has 1 aliphatic rings. The quantitative estimate of drug-likeness (QED) is 0.801. The van der Waals surface area contributed by atoms with E-state index in [2.05, 4.69) is 5.32 Å². The number of rotatable bonds is 5. The smallest absolute Gasteiger partial charge is 0.389 e. The van der Waals surface area contributed by atoms with Gasteiger partial charge in [-0.1, -0.05) is 13.3 Å². The van der Waals surface area contributed by atoms with Gasteiger partial charge >= 0.3 is 6.18 Å². The highest BCUT2D eigenvalue weighted by Crippen LogP contribution is 2.37. The van der Waals surface area contributed by atoms with Crippen molar-refractivity contribution in [2.45, 2.75) is 70.2 Å². The summed E-state index contributed by atoms with van der Waals surface area (Å²) >= 11 is 0. The Balaban J connectivity index is 2.28. The minimum atomic E-state index is -4.04. The lowest BCUT2D eigenvalue weighted by molar-refractivity contribution is -0.182. The molecule has 0 aromatic carbocycles. The number of aliphatic hydroxyl groups is 1. The van der Waals surface area contributed by atoms with E-state index in [0.29, 0.717) is 25.8 Å². The van der Waals surface area contributed by atoms with Gasteiger partial charge < -0.3 is 10.4 Å². The van der Waals surface area contributed by atoms with Gasteiger partial charge in [0.05, 0.1) is 11.5 Å². The highest BCUT2D eigenvalue weighted by molar-refractivity contribution is 4.83. The standard InChI is InChI=1S/C13H24F3NO/c1-3-8-12(2,18)9-17-11-6-4-10(5-7-11)13(14,15)16/h10-11,17-18H,3-9H2,1-2H3. The van der Waals surface area contributed by atoms with E-state index in [4.69, 9.17) is 0 Å². The lowest BCUT2D eigenvalue weighted by Gasteiger charge is -2.32. The first kappa shape index (κ1) is 15.8. The van der Waals surface area contributed by atoms with Gasteiger partial charge in [0.25, 0.3) is 0 Å². The third-order valence-corrected chi connectivity index (χ3v) is 3.75. The number of alkyl halides is 3. The topological polar surface area (TPSA) is 32.3 Å². The maximum atomic E-state index is 12.5. The second-order valence-corrected chi connectivity index (χ2v) is 5.72. The zero-order valence-electron chi connectivity index (χ0n) is 11.2. The minimum Gasteiger partial charge on any atom is -0.389 e. The van der Waals surface area contributed by atoms with Gasteiger partial charge in [-0.05, 0) is 39.0 Å². The number of hydrogen-bond acceptors (Lipinski definition) is 2. The molecule has 1 rings (SSSR count). The van der Waals surface area contributed by atoms with Crippen molar-refractivity contribution in [3.05, 3.63) is 0 Å². The highest BCUT2D eigenvalue weighted by atomic mass is 19.4. The largest absolute Gasteiger partial charge is 0.391 e. The van der Waals surface area contributed by atoms with Crippen molar-refractivity contribution < 1.29 is 18.3 Å². The Morgan fingerprint density at radius 1 is 1.17 bits per heavy atom. The molecule has 2 nitrogen and oxygen atoms in total. The first-order valence-electron chi connectivity index (χ1n) is 6.77. The Morgan fingerprint density at radius 2 is 1.72 bits per heavy atom. The summed E-state index contributed by atoms with van der Waals surface area (Å²) in [6, 6.07) is 0.118. The van der Waals surface area contributed by atoms with Gasteiger partial charge in [-0.25, -0.2) is 0 Å². The van der Waals surface area contributed by atoms with E-state index in [9.17, 15) is 18.3 Å². The van der Waals surface area contributed by atoms with Crippen LogP contribution in [-0.4, -0.2) is 29.5 Å². The molecule has 0 saturated heterocycles. The third kappa shape index (κ3) is 5.14. The van der Waals surface area contributed by atoms with Crippen LogP contribution in [0.2, 0.25) is 0 Å². The molecule has 0 radical (unpaired) electrons. The van der Waals surface area contributed by atoms with E-state index in [1.54, 1.807) is 6.92 Å². The van der Waals surface area contributed by atoms with Crippen LogP contribution in [0.15, 0.2) is 0 Å². The number of hydrogen-bond donors (Lipinski definition) is 2. The fourth-order valence-electron chi connectivity index (χ4n) is 2.62. The van der Waals surface area contributed by atoms with E-state index in [1.165, 1.54) is 0 Å². The van der Waals surface area contributed by atoms with Crippen molar-refractivity contribution in [3.8, 4) is 0 Å². The van der Waals surface area contributed by atoms with Crippen LogP contribution in [0.5, 0.6) is 0 Å². The fourth-order valence-corrected chi connectivity index (χ4v) is 2.62. The Labute approximate surface area is 107 Å². The number of nitrogens with one attached hydrogen (secondary N) is 1. The molecule has 0 heterocycles.